The fraction of sp³-hybridized carbons (Fsp3) is 0.417. The largest absolute Gasteiger partial charge is 0.495 e. The van der Waals surface area contributed by atoms with Gasteiger partial charge in [-0.15, -0.1) is 11.8 Å². The Kier molecular flexibility index (Phi) is 5.15. The van der Waals surface area contributed by atoms with Gasteiger partial charge in [-0.2, -0.15) is 0 Å². The van der Waals surface area contributed by atoms with Crippen LogP contribution >= 0.6 is 11.8 Å². The lowest BCUT2D eigenvalue weighted by atomic mass is 10.1. The van der Waals surface area contributed by atoms with Crippen LogP contribution in [0.4, 0.5) is 5.69 Å². The van der Waals surface area contributed by atoms with Crippen LogP contribution in [-0.4, -0.2) is 33.1 Å². The van der Waals surface area contributed by atoms with Gasteiger partial charge in [0.1, 0.15) is 17.1 Å². The second-order valence-electron chi connectivity index (χ2n) is 3.32. The van der Waals surface area contributed by atoms with Gasteiger partial charge >= 0.3 is 5.97 Å². The van der Waals surface area contributed by atoms with Gasteiger partial charge in [0.15, 0.2) is 0 Å². The third kappa shape index (κ3) is 2.64. The molecular formula is C12H17NO4S. The van der Waals surface area contributed by atoms with Crippen LogP contribution in [0.25, 0.3) is 0 Å². The lowest BCUT2D eigenvalue weighted by molar-refractivity contribution is 0.0523. The summed E-state index contributed by atoms with van der Waals surface area (Å²) in [5.74, 6) is 0.337. The van der Waals surface area contributed by atoms with E-state index in [-0.39, 0.29) is 17.9 Å². The Morgan fingerprint density at radius 2 is 2.06 bits per heavy atom. The van der Waals surface area contributed by atoms with Gasteiger partial charge in [-0.1, -0.05) is 0 Å². The minimum absolute atomic E-state index is 0.211. The first-order valence-electron chi connectivity index (χ1n) is 5.36. The molecule has 0 aliphatic heterocycles. The number of hydrogen-bond acceptors (Lipinski definition) is 6. The first-order valence-corrected chi connectivity index (χ1v) is 6.58. The van der Waals surface area contributed by atoms with Crippen molar-refractivity contribution in [1.82, 2.24) is 0 Å². The second-order valence-corrected chi connectivity index (χ2v) is 4.17. The SMILES string of the molecule is CCOC(=O)c1c(N)c(OC)cc(SC)c1OC. The average molecular weight is 271 g/mol. The minimum Gasteiger partial charge on any atom is -0.495 e. The van der Waals surface area contributed by atoms with Crippen molar-refractivity contribution in [2.45, 2.75) is 11.8 Å². The molecule has 0 aliphatic rings. The zero-order valence-electron chi connectivity index (χ0n) is 10.9. The summed E-state index contributed by atoms with van der Waals surface area (Å²) in [5.41, 5.74) is 6.35. The highest BCUT2D eigenvalue weighted by Crippen LogP contribution is 2.41. The standard InChI is InChI=1S/C12H17NO4S/c1-5-17-12(14)9-10(13)7(15-2)6-8(18-4)11(9)16-3/h6H,5,13H2,1-4H3. The normalized spacial score (nSPS) is 10.0. The molecule has 0 aromatic heterocycles. The molecule has 0 heterocycles. The van der Waals surface area contributed by atoms with Crippen molar-refractivity contribution in [2.24, 2.45) is 0 Å². The molecule has 0 radical (unpaired) electrons. The molecule has 0 unspecified atom stereocenters. The highest BCUT2D eigenvalue weighted by molar-refractivity contribution is 7.98. The summed E-state index contributed by atoms with van der Waals surface area (Å²) in [4.78, 5) is 12.7. The number of nitrogens with two attached hydrogens (primary N) is 1. The van der Waals surface area contributed by atoms with Gasteiger partial charge in [-0.3, -0.25) is 0 Å². The number of anilines is 1. The molecule has 0 aliphatic carbocycles. The van der Waals surface area contributed by atoms with E-state index in [1.54, 1.807) is 13.0 Å². The van der Waals surface area contributed by atoms with Gasteiger partial charge in [0.05, 0.1) is 31.4 Å². The van der Waals surface area contributed by atoms with Crippen molar-refractivity contribution in [1.29, 1.82) is 0 Å². The summed E-state index contributed by atoms with van der Waals surface area (Å²) < 4.78 is 15.4. The van der Waals surface area contributed by atoms with Crippen LogP contribution in [0.3, 0.4) is 0 Å². The van der Waals surface area contributed by atoms with Crippen LogP contribution < -0.4 is 15.2 Å². The summed E-state index contributed by atoms with van der Waals surface area (Å²) >= 11 is 1.44. The van der Waals surface area contributed by atoms with E-state index in [1.165, 1.54) is 26.0 Å². The van der Waals surface area contributed by atoms with Crippen molar-refractivity contribution in [3.63, 3.8) is 0 Å². The van der Waals surface area contributed by atoms with Crippen LogP contribution in [0.15, 0.2) is 11.0 Å². The van der Waals surface area contributed by atoms with Gasteiger partial charge in [-0.25, -0.2) is 4.79 Å². The molecule has 0 saturated carbocycles. The lowest BCUT2D eigenvalue weighted by Crippen LogP contribution is -2.11. The molecule has 0 fully saturated rings. The highest BCUT2D eigenvalue weighted by atomic mass is 32.2. The van der Waals surface area contributed by atoms with Crippen molar-refractivity contribution < 1.29 is 19.0 Å². The van der Waals surface area contributed by atoms with Crippen molar-refractivity contribution in [2.75, 3.05) is 32.8 Å². The van der Waals surface area contributed by atoms with E-state index >= 15 is 0 Å². The minimum atomic E-state index is -0.513. The molecule has 1 aromatic rings. The number of ether oxygens (including phenoxy) is 3. The topological polar surface area (TPSA) is 70.8 Å². The van der Waals surface area contributed by atoms with Gasteiger partial charge in [0, 0.05) is 0 Å². The maximum Gasteiger partial charge on any atom is 0.344 e. The van der Waals surface area contributed by atoms with Gasteiger partial charge in [0.25, 0.3) is 0 Å². The second kappa shape index (κ2) is 6.39. The molecule has 1 rings (SSSR count). The molecule has 0 bridgehead atoms. The fourth-order valence-corrected chi connectivity index (χ4v) is 2.16. The van der Waals surface area contributed by atoms with E-state index in [0.29, 0.717) is 11.5 Å². The summed E-state index contributed by atoms with van der Waals surface area (Å²) in [5, 5.41) is 0. The Hall–Kier alpha value is -1.56. The van der Waals surface area contributed by atoms with E-state index in [0.717, 1.165) is 4.90 Å². The fourth-order valence-electron chi connectivity index (χ4n) is 1.56. The van der Waals surface area contributed by atoms with Gasteiger partial charge in [0.2, 0.25) is 0 Å². The molecule has 0 amide bonds. The number of methoxy groups -OCH3 is 2. The quantitative estimate of drug-likeness (QED) is 0.503. The number of nitrogen functional groups attached to an aromatic ring is 1. The summed E-state index contributed by atoms with van der Waals surface area (Å²) in [7, 11) is 2.99. The molecule has 18 heavy (non-hydrogen) atoms. The molecule has 2 N–H and O–H groups in total. The molecule has 1 aromatic carbocycles. The molecule has 100 valence electrons. The van der Waals surface area contributed by atoms with Crippen molar-refractivity contribution in [3.05, 3.63) is 11.6 Å². The van der Waals surface area contributed by atoms with E-state index < -0.39 is 5.97 Å². The van der Waals surface area contributed by atoms with Gasteiger partial charge in [-0.05, 0) is 19.2 Å². The average Bonchev–Trinajstić information content (AvgIpc) is 2.38. The predicted octanol–water partition coefficient (Wildman–Crippen LogP) is 2.18. The number of hydrogen-bond donors (Lipinski definition) is 1. The maximum absolute atomic E-state index is 11.9. The monoisotopic (exact) mass is 271 g/mol. The van der Waals surface area contributed by atoms with Crippen LogP contribution in [0.5, 0.6) is 11.5 Å². The number of carbonyl (C=O) groups excluding carboxylic acids is 1. The van der Waals surface area contributed by atoms with Crippen LogP contribution in [0.2, 0.25) is 0 Å². The zero-order chi connectivity index (χ0) is 13.7. The van der Waals surface area contributed by atoms with Gasteiger partial charge < -0.3 is 19.9 Å². The molecule has 0 saturated heterocycles. The van der Waals surface area contributed by atoms with E-state index in [2.05, 4.69) is 0 Å². The summed E-state index contributed by atoms with van der Waals surface area (Å²) in [6.45, 7) is 2.00. The number of esters is 1. The van der Waals surface area contributed by atoms with Crippen LogP contribution in [-0.2, 0) is 4.74 Å². The smallest absolute Gasteiger partial charge is 0.344 e. The predicted molar refractivity (Wildman–Crippen MR) is 71.7 cm³/mol. The molecular weight excluding hydrogens is 254 g/mol. The first kappa shape index (κ1) is 14.5. The van der Waals surface area contributed by atoms with Crippen LogP contribution in [0, 0.1) is 0 Å². The third-order valence-corrected chi connectivity index (χ3v) is 3.11. The number of thioether (sulfide) groups is 1. The number of rotatable bonds is 5. The van der Waals surface area contributed by atoms with Crippen molar-refractivity contribution in [3.8, 4) is 11.5 Å². The Bertz CT molecular complexity index is 448. The van der Waals surface area contributed by atoms with E-state index in [1.807, 2.05) is 6.26 Å². The third-order valence-electron chi connectivity index (χ3n) is 2.37. The summed E-state index contributed by atoms with van der Waals surface area (Å²) in [6.07, 6.45) is 1.88. The molecule has 0 spiro atoms. The number of carbonyl (C=O) groups is 1. The van der Waals surface area contributed by atoms with E-state index in [9.17, 15) is 4.79 Å². The highest BCUT2D eigenvalue weighted by Gasteiger charge is 2.24. The molecule has 5 nitrogen and oxygen atoms in total. The molecule has 0 atom stereocenters. The summed E-state index contributed by atoms with van der Waals surface area (Å²) in [6, 6.07) is 1.74. The Labute approximate surface area is 111 Å². The lowest BCUT2D eigenvalue weighted by Gasteiger charge is -2.16. The Morgan fingerprint density at radius 3 is 2.50 bits per heavy atom. The maximum atomic E-state index is 11.9. The van der Waals surface area contributed by atoms with Crippen LogP contribution in [0.1, 0.15) is 17.3 Å². The first-order chi connectivity index (χ1) is 8.60. The van der Waals surface area contributed by atoms with Crippen molar-refractivity contribution >= 4 is 23.4 Å². The van der Waals surface area contributed by atoms with E-state index in [4.69, 9.17) is 19.9 Å². The number of benzene rings is 1. The molecule has 6 heteroatoms. The zero-order valence-corrected chi connectivity index (χ0v) is 11.7. The Morgan fingerprint density at radius 1 is 1.39 bits per heavy atom. The Balaban J connectivity index is 3.47.